The summed E-state index contributed by atoms with van der Waals surface area (Å²) in [5, 5.41) is 12.1. The quantitative estimate of drug-likeness (QED) is 0.860. The summed E-state index contributed by atoms with van der Waals surface area (Å²) in [6, 6.07) is 7.39. The minimum absolute atomic E-state index is 0.347. The highest BCUT2D eigenvalue weighted by atomic mass is 32.2. The van der Waals surface area contributed by atoms with Gasteiger partial charge in [0.1, 0.15) is 11.8 Å². The molecular formula is C14H20N2O3S. The fourth-order valence-corrected chi connectivity index (χ4v) is 1.96. The molecule has 0 bridgehead atoms. The summed E-state index contributed by atoms with van der Waals surface area (Å²) in [6.45, 7) is 4.21. The van der Waals surface area contributed by atoms with Crippen LogP contribution in [-0.2, 0) is 16.4 Å². The van der Waals surface area contributed by atoms with Gasteiger partial charge in [-0.1, -0.05) is 6.07 Å². The van der Waals surface area contributed by atoms with Crippen LogP contribution in [-0.4, -0.2) is 33.1 Å². The molecule has 0 spiro atoms. The van der Waals surface area contributed by atoms with Crippen molar-refractivity contribution in [2.75, 3.05) is 19.9 Å². The summed E-state index contributed by atoms with van der Waals surface area (Å²) in [4.78, 5) is 0. The van der Waals surface area contributed by atoms with Gasteiger partial charge in [0.15, 0.2) is 9.84 Å². The summed E-state index contributed by atoms with van der Waals surface area (Å²) in [6.07, 6.45) is 1.23. The second-order valence-electron chi connectivity index (χ2n) is 5.28. The average Bonchev–Trinajstić information content (AvgIpc) is 2.37. The van der Waals surface area contributed by atoms with Gasteiger partial charge >= 0.3 is 0 Å². The normalized spacial score (nSPS) is 11.9. The van der Waals surface area contributed by atoms with E-state index >= 15 is 0 Å². The lowest BCUT2D eigenvalue weighted by molar-refractivity contribution is 0.413. The first-order valence-corrected chi connectivity index (χ1v) is 8.08. The van der Waals surface area contributed by atoms with Gasteiger partial charge in [-0.2, -0.15) is 5.26 Å². The van der Waals surface area contributed by atoms with Crippen molar-refractivity contribution in [1.82, 2.24) is 5.32 Å². The summed E-state index contributed by atoms with van der Waals surface area (Å²) < 4.78 is 27.4. The minimum atomic E-state index is -3.12. The summed E-state index contributed by atoms with van der Waals surface area (Å²) in [5.74, 6) is 0.535. The van der Waals surface area contributed by atoms with E-state index in [0.717, 1.165) is 5.56 Å². The Kier molecular flexibility index (Phi) is 5.15. The molecule has 0 saturated heterocycles. The van der Waals surface area contributed by atoms with Crippen LogP contribution >= 0.6 is 0 Å². The van der Waals surface area contributed by atoms with Crippen molar-refractivity contribution in [1.29, 1.82) is 5.26 Å². The number of nitriles is 1. The molecule has 1 aromatic carbocycles. The number of sulfone groups is 1. The highest BCUT2D eigenvalue weighted by molar-refractivity contribution is 7.92. The van der Waals surface area contributed by atoms with E-state index in [-0.39, 0.29) is 0 Å². The molecule has 0 aliphatic carbocycles. The molecule has 1 rings (SSSR count). The summed E-state index contributed by atoms with van der Waals surface area (Å²) >= 11 is 0. The zero-order chi connectivity index (χ0) is 15.4. The number of nitrogens with zero attached hydrogens (tertiary/aromatic N) is 1. The Morgan fingerprint density at radius 2 is 2.05 bits per heavy atom. The molecule has 0 aliphatic heterocycles. The third kappa shape index (κ3) is 3.95. The molecule has 110 valence electrons. The second kappa shape index (κ2) is 6.25. The van der Waals surface area contributed by atoms with Crippen LogP contribution in [0.15, 0.2) is 18.2 Å². The first kappa shape index (κ1) is 16.5. The van der Waals surface area contributed by atoms with Crippen LogP contribution in [0, 0.1) is 11.3 Å². The zero-order valence-corrected chi connectivity index (χ0v) is 13.0. The van der Waals surface area contributed by atoms with Gasteiger partial charge in [-0.25, -0.2) is 8.42 Å². The van der Waals surface area contributed by atoms with Crippen molar-refractivity contribution in [3.8, 4) is 11.8 Å². The van der Waals surface area contributed by atoms with Crippen LogP contribution in [0.5, 0.6) is 5.75 Å². The fourth-order valence-electron chi connectivity index (χ4n) is 1.59. The lowest BCUT2D eigenvalue weighted by Crippen LogP contribution is -2.41. The molecule has 0 atom stereocenters. The highest BCUT2D eigenvalue weighted by Crippen LogP contribution is 2.19. The fraction of sp³-hybridized carbons (Fsp3) is 0.500. The molecule has 5 nitrogen and oxygen atoms in total. The Balaban J connectivity index is 2.71. The first-order valence-electron chi connectivity index (χ1n) is 6.18. The van der Waals surface area contributed by atoms with E-state index < -0.39 is 14.6 Å². The Morgan fingerprint density at radius 3 is 2.55 bits per heavy atom. The summed E-state index contributed by atoms with van der Waals surface area (Å²) in [7, 11) is -1.60. The van der Waals surface area contributed by atoms with Crippen molar-refractivity contribution >= 4 is 9.84 Å². The molecule has 0 aliphatic rings. The van der Waals surface area contributed by atoms with Crippen LogP contribution in [0.3, 0.4) is 0 Å². The number of hydrogen-bond acceptors (Lipinski definition) is 5. The molecule has 0 radical (unpaired) electrons. The number of benzene rings is 1. The largest absolute Gasteiger partial charge is 0.495 e. The predicted octanol–water partition coefficient (Wildman–Crippen LogP) is 1.48. The van der Waals surface area contributed by atoms with Crippen molar-refractivity contribution in [3.05, 3.63) is 29.3 Å². The lowest BCUT2D eigenvalue weighted by atomic mass is 10.1. The predicted molar refractivity (Wildman–Crippen MR) is 78.3 cm³/mol. The van der Waals surface area contributed by atoms with E-state index in [1.165, 1.54) is 13.4 Å². The van der Waals surface area contributed by atoms with Gasteiger partial charge in [-0.3, -0.25) is 0 Å². The molecule has 0 fully saturated rings. The van der Waals surface area contributed by atoms with Crippen LogP contribution < -0.4 is 10.1 Å². The number of ether oxygens (including phenoxy) is 1. The second-order valence-corrected chi connectivity index (χ2v) is 7.93. The van der Waals surface area contributed by atoms with Gasteiger partial charge < -0.3 is 10.1 Å². The maximum Gasteiger partial charge on any atom is 0.153 e. The van der Waals surface area contributed by atoms with Crippen molar-refractivity contribution < 1.29 is 13.2 Å². The molecule has 1 aromatic rings. The van der Waals surface area contributed by atoms with Crippen LogP contribution in [0.1, 0.15) is 25.0 Å². The van der Waals surface area contributed by atoms with Crippen LogP contribution in [0.4, 0.5) is 0 Å². The molecule has 0 amide bonds. The number of hydrogen-bond donors (Lipinski definition) is 1. The van der Waals surface area contributed by atoms with E-state index in [1.807, 2.05) is 6.07 Å². The molecule has 1 N–H and O–H groups in total. The van der Waals surface area contributed by atoms with E-state index in [9.17, 15) is 8.42 Å². The van der Waals surface area contributed by atoms with Crippen molar-refractivity contribution in [2.45, 2.75) is 25.1 Å². The van der Waals surface area contributed by atoms with Gasteiger partial charge in [0.25, 0.3) is 0 Å². The van der Waals surface area contributed by atoms with Gasteiger partial charge in [-0.15, -0.1) is 0 Å². The van der Waals surface area contributed by atoms with Gasteiger partial charge in [-0.05, 0) is 31.5 Å². The highest BCUT2D eigenvalue weighted by Gasteiger charge is 2.29. The van der Waals surface area contributed by atoms with Crippen molar-refractivity contribution in [3.63, 3.8) is 0 Å². The van der Waals surface area contributed by atoms with Gasteiger partial charge in [0.05, 0.1) is 17.4 Å². The number of nitrogens with one attached hydrogen (secondary N) is 1. The first-order chi connectivity index (χ1) is 9.21. The molecule has 0 aromatic heterocycles. The average molecular weight is 296 g/mol. The number of rotatable bonds is 6. The van der Waals surface area contributed by atoms with Crippen LogP contribution in [0.2, 0.25) is 0 Å². The van der Waals surface area contributed by atoms with E-state index in [4.69, 9.17) is 10.00 Å². The third-order valence-electron chi connectivity index (χ3n) is 3.27. The van der Waals surface area contributed by atoms with E-state index in [1.54, 1.807) is 26.0 Å². The molecule has 0 heterocycles. The molecule has 0 saturated carbocycles. The molecular weight excluding hydrogens is 276 g/mol. The Morgan fingerprint density at radius 1 is 1.40 bits per heavy atom. The molecule has 6 heteroatoms. The Hall–Kier alpha value is -1.58. The van der Waals surface area contributed by atoms with E-state index in [2.05, 4.69) is 11.4 Å². The maximum atomic E-state index is 11.6. The maximum absolute atomic E-state index is 11.6. The third-order valence-corrected chi connectivity index (χ3v) is 5.42. The Labute approximate surface area is 120 Å². The number of methoxy groups -OCH3 is 1. The van der Waals surface area contributed by atoms with E-state index in [0.29, 0.717) is 24.4 Å². The standard InChI is InChI=1S/C14H20N2O3S/c1-14(2,20(4,17)18)10-16-9-11-5-6-13(19-3)12(7-11)8-15/h5-7,16H,9-10H2,1-4H3. The van der Waals surface area contributed by atoms with Crippen LogP contribution in [0.25, 0.3) is 0 Å². The zero-order valence-electron chi connectivity index (χ0n) is 12.2. The minimum Gasteiger partial charge on any atom is -0.495 e. The summed E-state index contributed by atoms with van der Waals surface area (Å²) in [5.41, 5.74) is 1.38. The molecule has 0 unspecified atom stereocenters. The lowest BCUT2D eigenvalue weighted by Gasteiger charge is -2.22. The Bertz CT molecular complexity index is 616. The van der Waals surface area contributed by atoms with Gasteiger partial charge in [0, 0.05) is 19.3 Å². The van der Waals surface area contributed by atoms with Crippen molar-refractivity contribution in [2.24, 2.45) is 0 Å². The molecule has 20 heavy (non-hydrogen) atoms. The van der Waals surface area contributed by atoms with Gasteiger partial charge in [0.2, 0.25) is 0 Å². The topological polar surface area (TPSA) is 79.2 Å². The monoisotopic (exact) mass is 296 g/mol. The SMILES string of the molecule is COc1ccc(CNCC(C)(C)S(C)(=O)=O)cc1C#N. The smallest absolute Gasteiger partial charge is 0.153 e.